The van der Waals surface area contributed by atoms with E-state index in [9.17, 15) is 4.79 Å². The Morgan fingerprint density at radius 2 is 2.00 bits per heavy atom. The van der Waals surface area contributed by atoms with Crippen LogP contribution < -0.4 is 0 Å². The van der Waals surface area contributed by atoms with Crippen molar-refractivity contribution >= 4 is 5.91 Å². The van der Waals surface area contributed by atoms with Crippen LogP contribution in [0.1, 0.15) is 35.6 Å². The monoisotopic (exact) mass is 396 g/mol. The Balaban J connectivity index is 1.53. The molecule has 0 unspecified atom stereocenters. The van der Waals surface area contributed by atoms with Gasteiger partial charge in [-0.3, -0.25) is 14.5 Å². The summed E-state index contributed by atoms with van der Waals surface area (Å²) in [7, 11) is 3.49. The zero-order valence-corrected chi connectivity index (χ0v) is 16.6. The van der Waals surface area contributed by atoms with Crippen LogP contribution in [-0.4, -0.2) is 62.5 Å². The number of methoxy groups -OCH3 is 1. The van der Waals surface area contributed by atoms with E-state index in [1.807, 2.05) is 17.0 Å². The molecule has 3 aromatic rings. The van der Waals surface area contributed by atoms with Crippen molar-refractivity contribution in [1.82, 2.24) is 29.8 Å². The normalized spacial score (nSPS) is 16.1. The van der Waals surface area contributed by atoms with Crippen LogP contribution in [0.4, 0.5) is 0 Å². The number of carbonyl (C=O) groups excluding carboxylic acids is 1. The molecular weight excluding hydrogens is 372 g/mol. The molecule has 29 heavy (non-hydrogen) atoms. The SMILES string of the molecule is COCCC1(c2noc(-c3ccncc3)n2)CCN(C(=O)c2ccn(C)n2)CC1. The molecule has 0 spiro atoms. The van der Waals surface area contributed by atoms with Gasteiger partial charge in [0.25, 0.3) is 11.8 Å². The van der Waals surface area contributed by atoms with Gasteiger partial charge >= 0.3 is 0 Å². The second kappa shape index (κ2) is 8.12. The Kier molecular flexibility index (Phi) is 5.39. The lowest BCUT2D eigenvalue weighted by molar-refractivity contribution is 0.0610. The Morgan fingerprint density at radius 1 is 1.24 bits per heavy atom. The van der Waals surface area contributed by atoms with E-state index in [1.165, 1.54) is 0 Å². The molecule has 0 aromatic carbocycles. The number of aromatic nitrogens is 5. The van der Waals surface area contributed by atoms with Crippen LogP contribution in [0.25, 0.3) is 11.5 Å². The fourth-order valence-electron chi connectivity index (χ4n) is 3.76. The number of amides is 1. The quantitative estimate of drug-likeness (QED) is 0.629. The highest BCUT2D eigenvalue weighted by atomic mass is 16.5. The number of nitrogens with zero attached hydrogens (tertiary/aromatic N) is 6. The van der Waals surface area contributed by atoms with Crippen molar-refractivity contribution < 1.29 is 14.1 Å². The third kappa shape index (κ3) is 3.91. The zero-order valence-electron chi connectivity index (χ0n) is 16.6. The predicted molar refractivity (Wildman–Crippen MR) is 104 cm³/mol. The molecule has 152 valence electrons. The summed E-state index contributed by atoms with van der Waals surface area (Å²) in [6.07, 6.45) is 7.42. The third-order valence-electron chi connectivity index (χ3n) is 5.55. The minimum absolute atomic E-state index is 0.0449. The van der Waals surface area contributed by atoms with Crippen LogP contribution in [0.3, 0.4) is 0 Å². The molecule has 4 rings (SSSR count). The molecule has 4 heterocycles. The number of carbonyl (C=O) groups is 1. The highest BCUT2D eigenvalue weighted by molar-refractivity contribution is 5.92. The minimum atomic E-state index is -0.286. The summed E-state index contributed by atoms with van der Waals surface area (Å²) in [6, 6.07) is 5.43. The summed E-state index contributed by atoms with van der Waals surface area (Å²) in [5.41, 5.74) is 1.02. The van der Waals surface area contributed by atoms with Crippen molar-refractivity contribution in [1.29, 1.82) is 0 Å². The van der Waals surface area contributed by atoms with E-state index in [0.717, 1.165) is 24.8 Å². The number of hydrogen-bond donors (Lipinski definition) is 0. The standard InChI is InChI=1S/C20H24N6O3/c1-25-11-5-16(23-25)18(27)26-12-6-20(7-13-26,8-14-28-2)19-22-17(29-24-19)15-3-9-21-10-4-15/h3-5,9-11H,6-8,12-14H2,1-2H3. The summed E-state index contributed by atoms with van der Waals surface area (Å²) in [6.45, 7) is 1.81. The molecule has 0 saturated carbocycles. The number of aryl methyl sites for hydroxylation is 1. The molecule has 1 amide bonds. The van der Waals surface area contributed by atoms with E-state index in [0.29, 0.717) is 37.1 Å². The largest absolute Gasteiger partial charge is 0.385 e. The number of piperidine rings is 1. The van der Waals surface area contributed by atoms with Gasteiger partial charge in [-0.25, -0.2) is 0 Å². The molecular formula is C20H24N6O3. The van der Waals surface area contributed by atoms with Crippen LogP contribution >= 0.6 is 0 Å². The molecule has 1 fully saturated rings. The van der Waals surface area contributed by atoms with Gasteiger partial charge in [-0.15, -0.1) is 0 Å². The maximum atomic E-state index is 12.7. The third-order valence-corrected chi connectivity index (χ3v) is 5.55. The van der Waals surface area contributed by atoms with E-state index in [-0.39, 0.29) is 11.3 Å². The Bertz CT molecular complexity index is 960. The Morgan fingerprint density at radius 3 is 2.66 bits per heavy atom. The first kappa shape index (κ1) is 19.3. The molecule has 0 aliphatic carbocycles. The first-order valence-corrected chi connectivity index (χ1v) is 9.64. The average Bonchev–Trinajstić information content (AvgIpc) is 3.43. The van der Waals surface area contributed by atoms with E-state index in [1.54, 1.807) is 43.5 Å². The second-order valence-corrected chi connectivity index (χ2v) is 7.35. The highest BCUT2D eigenvalue weighted by Crippen LogP contribution is 2.38. The van der Waals surface area contributed by atoms with Gasteiger partial charge < -0.3 is 14.2 Å². The summed E-state index contributed by atoms with van der Waals surface area (Å²) < 4.78 is 12.5. The van der Waals surface area contributed by atoms with Crippen molar-refractivity contribution in [2.45, 2.75) is 24.7 Å². The van der Waals surface area contributed by atoms with Crippen LogP contribution in [0.15, 0.2) is 41.3 Å². The van der Waals surface area contributed by atoms with E-state index < -0.39 is 0 Å². The summed E-state index contributed by atoms with van der Waals surface area (Å²) in [4.78, 5) is 23.3. The first-order chi connectivity index (χ1) is 14.1. The lowest BCUT2D eigenvalue weighted by atomic mass is 9.75. The summed E-state index contributed by atoms with van der Waals surface area (Å²) in [5, 5.41) is 8.52. The van der Waals surface area contributed by atoms with Crippen LogP contribution in [0.2, 0.25) is 0 Å². The molecule has 0 radical (unpaired) electrons. The number of likely N-dealkylation sites (tertiary alicyclic amines) is 1. The zero-order chi connectivity index (χ0) is 20.3. The van der Waals surface area contributed by atoms with Crippen LogP contribution in [0, 0.1) is 0 Å². The smallest absolute Gasteiger partial charge is 0.274 e. The van der Waals surface area contributed by atoms with E-state index >= 15 is 0 Å². The van der Waals surface area contributed by atoms with Crippen LogP contribution in [0.5, 0.6) is 0 Å². The predicted octanol–water partition coefficient (Wildman–Crippen LogP) is 2.08. The fourth-order valence-corrected chi connectivity index (χ4v) is 3.76. The van der Waals surface area contributed by atoms with Crippen LogP contribution in [-0.2, 0) is 17.2 Å². The van der Waals surface area contributed by atoms with Gasteiger partial charge in [0, 0.05) is 63.4 Å². The maximum absolute atomic E-state index is 12.7. The van der Waals surface area contributed by atoms with Gasteiger partial charge in [-0.05, 0) is 37.5 Å². The fraction of sp³-hybridized carbons (Fsp3) is 0.450. The molecule has 3 aromatic heterocycles. The van der Waals surface area contributed by atoms with E-state index in [4.69, 9.17) is 9.26 Å². The van der Waals surface area contributed by atoms with Crippen molar-refractivity contribution in [2.24, 2.45) is 7.05 Å². The number of hydrogen-bond acceptors (Lipinski definition) is 7. The van der Waals surface area contributed by atoms with Crippen molar-refractivity contribution in [3.8, 4) is 11.5 Å². The highest BCUT2D eigenvalue weighted by Gasteiger charge is 2.41. The number of ether oxygens (including phenoxy) is 1. The average molecular weight is 396 g/mol. The van der Waals surface area contributed by atoms with Gasteiger partial charge in [-0.1, -0.05) is 5.16 Å². The van der Waals surface area contributed by atoms with Gasteiger partial charge in [0.2, 0.25) is 0 Å². The van der Waals surface area contributed by atoms with Crippen molar-refractivity contribution in [3.63, 3.8) is 0 Å². The maximum Gasteiger partial charge on any atom is 0.274 e. The van der Waals surface area contributed by atoms with Crippen molar-refractivity contribution in [2.75, 3.05) is 26.8 Å². The number of pyridine rings is 1. The molecule has 0 atom stereocenters. The number of rotatable bonds is 6. The molecule has 1 aliphatic heterocycles. The molecule has 0 bridgehead atoms. The molecule has 1 saturated heterocycles. The first-order valence-electron chi connectivity index (χ1n) is 9.64. The molecule has 0 N–H and O–H groups in total. The Hall–Kier alpha value is -3.07. The Labute approximate surface area is 168 Å². The molecule has 9 nitrogen and oxygen atoms in total. The van der Waals surface area contributed by atoms with Crippen molar-refractivity contribution in [3.05, 3.63) is 48.3 Å². The molecule has 1 aliphatic rings. The topological polar surface area (TPSA) is 99.2 Å². The van der Waals surface area contributed by atoms with E-state index in [2.05, 4.69) is 20.2 Å². The van der Waals surface area contributed by atoms with Gasteiger partial charge in [-0.2, -0.15) is 10.1 Å². The van der Waals surface area contributed by atoms with Gasteiger partial charge in [0.15, 0.2) is 5.82 Å². The summed E-state index contributed by atoms with van der Waals surface area (Å²) in [5.74, 6) is 1.11. The molecule has 9 heteroatoms. The second-order valence-electron chi connectivity index (χ2n) is 7.35. The van der Waals surface area contributed by atoms with Gasteiger partial charge in [0.05, 0.1) is 0 Å². The lowest BCUT2D eigenvalue weighted by Gasteiger charge is -2.39. The minimum Gasteiger partial charge on any atom is -0.385 e. The summed E-state index contributed by atoms with van der Waals surface area (Å²) >= 11 is 0. The lowest BCUT2D eigenvalue weighted by Crippen LogP contribution is -2.46. The van der Waals surface area contributed by atoms with Gasteiger partial charge in [0.1, 0.15) is 5.69 Å².